The van der Waals surface area contributed by atoms with Crippen LogP contribution >= 0.6 is 12.2 Å². The summed E-state index contributed by atoms with van der Waals surface area (Å²) >= 11 is 5.37. The number of benzene rings is 3. The lowest BCUT2D eigenvalue weighted by molar-refractivity contribution is 0.0941. The largest absolute Gasteiger partial charge is 0.345 e. The van der Waals surface area contributed by atoms with Gasteiger partial charge in [0, 0.05) is 5.69 Å². The fourth-order valence-corrected chi connectivity index (χ4v) is 2.92. The van der Waals surface area contributed by atoms with Crippen molar-refractivity contribution in [3.05, 3.63) is 96.1 Å². The maximum Gasteiger partial charge on any atom is 0.253 e. The Hall–Kier alpha value is -3.18. The van der Waals surface area contributed by atoms with Crippen molar-refractivity contribution in [2.24, 2.45) is 0 Å². The minimum absolute atomic E-state index is 0.0962. The van der Waals surface area contributed by atoms with Gasteiger partial charge in [-0.05, 0) is 49.0 Å². The quantitative estimate of drug-likeness (QED) is 0.550. The van der Waals surface area contributed by atoms with E-state index in [1.807, 2.05) is 85.8 Å². The number of amides is 1. The van der Waals surface area contributed by atoms with E-state index in [2.05, 4.69) is 16.0 Å². The van der Waals surface area contributed by atoms with Gasteiger partial charge in [0.05, 0.1) is 17.3 Å². The summed E-state index contributed by atoms with van der Waals surface area (Å²) in [5.41, 5.74) is 3.13. The van der Waals surface area contributed by atoms with Crippen molar-refractivity contribution in [3.8, 4) is 0 Å². The van der Waals surface area contributed by atoms with Crippen LogP contribution in [-0.4, -0.2) is 11.0 Å². The molecule has 3 aromatic carbocycles. The van der Waals surface area contributed by atoms with Crippen molar-refractivity contribution in [1.29, 1.82) is 0 Å². The van der Waals surface area contributed by atoms with E-state index in [0.29, 0.717) is 16.4 Å². The Balaban J connectivity index is 1.69. The molecular weight excluding hydrogens is 354 g/mol. The summed E-state index contributed by atoms with van der Waals surface area (Å²) in [6, 6.07) is 26.7. The van der Waals surface area contributed by atoms with Crippen molar-refractivity contribution in [2.45, 2.75) is 13.0 Å². The van der Waals surface area contributed by atoms with Gasteiger partial charge in [0.25, 0.3) is 5.91 Å². The summed E-state index contributed by atoms with van der Waals surface area (Å²) in [6.07, 6.45) is 0. The third-order valence-electron chi connectivity index (χ3n) is 4.10. The number of hydrogen-bond donors (Lipinski definition) is 3. The van der Waals surface area contributed by atoms with Gasteiger partial charge < -0.3 is 16.0 Å². The van der Waals surface area contributed by atoms with Crippen LogP contribution in [0.15, 0.2) is 84.9 Å². The SMILES string of the molecule is CC(NC(=O)c1ccccc1NC(=S)Nc1ccccc1)c1ccccc1. The van der Waals surface area contributed by atoms with Crippen LogP contribution in [0, 0.1) is 0 Å². The zero-order chi connectivity index (χ0) is 19.1. The lowest BCUT2D eigenvalue weighted by Gasteiger charge is -2.17. The van der Waals surface area contributed by atoms with Gasteiger partial charge in [0.1, 0.15) is 0 Å². The Morgan fingerprint density at radius 1 is 0.815 bits per heavy atom. The van der Waals surface area contributed by atoms with Gasteiger partial charge in [0.2, 0.25) is 0 Å². The van der Waals surface area contributed by atoms with E-state index in [1.54, 1.807) is 6.07 Å². The van der Waals surface area contributed by atoms with Crippen molar-refractivity contribution >= 4 is 34.6 Å². The molecule has 27 heavy (non-hydrogen) atoms. The summed E-state index contributed by atoms with van der Waals surface area (Å²) in [5.74, 6) is -0.156. The number of hydrogen-bond acceptors (Lipinski definition) is 2. The van der Waals surface area contributed by atoms with Crippen molar-refractivity contribution in [3.63, 3.8) is 0 Å². The molecule has 3 aromatic rings. The first-order valence-corrected chi connectivity index (χ1v) is 9.12. The predicted octanol–water partition coefficient (Wildman–Crippen LogP) is 4.99. The molecule has 1 atom stereocenters. The zero-order valence-electron chi connectivity index (χ0n) is 15.0. The first-order valence-electron chi connectivity index (χ1n) is 8.71. The molecule has 0 aliphatic rings. The highest BCUT2D eigenvalue weighted by Gasteiger charge is 2.15. The van der Waals surface area contributed by atoms with Crippen LogP contribution in [0.5, 0.6) is 0 Å². The minimum atomic E-state index is -0.156. The average Bonchev–Trinajstić information content (AvgIpc) is 2.69. The van der Waals surface area contributed by atoms with Crippen molar-refractivity contribution in [2.75, 3.05) is 10.6 Å². The molecule has 3 N–H and O–H groups in total. The van der Waals surface area contributed by atoms with E-state index in [1.165, 1.54) is 0 Å². The van der Waals surface area contributed by atoms with Crippen LogP contribution in [0.2, 0.25) is 0 Å². The molecule has 0 aliphatic heterocycles. The molecular formula is C22H21N3OS. The summed E-state index contributed by atoms with van der Waals surface area (Å²) in [7, 11) is 0. The molecule has 1 unspecified atom stereocenters. The molecule has 136 valence electrons. The molecule has 0 aromatic heterocycles. The standard InChI is InChI=1S/C22H21N3OS/c1-16(17-10-4-2-5-11-17)23-21(26)19-14-8-9-15-20(19)25-22(27)24-18-12-6-3-7-13-18/h2-16H,1H3,(H,23,26)(H2,24,25,27). The smallest absolute Gasteiger partial charge is 0.253 e. The molecule has 3 rings (SSSR count). The highest BCUT2D eigenvalue weighted by molar-refractivity contribution is 7.80. The Morgan fingerprint density at radius 3 is 2.11 bits per heavy atom. The van der Waals surface area contributed by atoms with E-state index < -0.39 is 0 Å². The number of thiocarbonyl (C=S) groups is 1. The van der Waals surface area contributed by atoms with E-state index in [0.717, 1.165) is 11.3 Å². The first-order chi connectivity index (χ1) is 13.1. The molecule has 0 fully saturated rings. The fourth-order valence-electron chi connectivity index (χ4n) is 2.70. The highest BCUT2D eigenvalue weighted by Crippen LogP contribution is 2.18. The summed E-state index contributed by atoms with van der Waals surface area (Å²) < 4.78 is 0. The Bertz CT molecular complexity index is 913. The van der Waals surface area contributed by atoms with Gasteiger partial charge in [0.15, 0.2) is 5.11 Å². The van der Waals surface area contributed by atoms with Crippen molar-refractivity contribution in [1.82, 2.24) is 5.32 Å². The zero-order valence-corrected chi connectivity index (χ0v) is 15.8. The number of rotatable bonds is 5. The number of para-hydroxylation sites is 2. The topological polar surface area (TPSA) is 53.2 Å². The molecule has 5 heteroatoms. The van der Waals surface area contributed by atoms with Crippen LogP contribution in [0.1, 0.15) is 28.9 Å². The maximum atomic E-state index is 12.8. The van der Waals surface area contributed by atoms with E-state index in [4.69, 9.17) is 12.2 Å². The second-order valence-corrected chi connectivity index (χ2v) is 6.50. The van der Waals surface area contributed by atoms with E-state index in [-0.39, 0.29) is 11.9 Å². The molecule has 0 saturated heterocycles. The third kappa shape index (κ3) is 5.15. The lowest BCUT2D eigenvalue weighted by Crippen LogP contribution is -2.28. The predicted molar refractivity (Wildman–Crippen MR) is 115 cm³/mol. The molecule has 0 saturated carbocycles. The van der Waals surface area contributed by atoms with Crippen LogP contribution in [0.3, 0.4) is 0 Å². The Labute approximate surface area is 164 Å². The number of carbonyl (C=O) groups excluding carboxylic acids is 1. The average molecular weight is 375 g/mol. The first kappa shape index (κ1) is 18.6. The molecule has 0 aliphatic carbocycles. The van der Waals surface area contributed by atoms with Crippen LogP contribution < -0.4 is 16.0 Å². The number of carbonyl (C=O) groups is 1. The molecule has 1 amide bonds. The third-order valence-corrected chi connectivity index (χ3v) is 4.30. The van der Waals surface area contributed by atoms with Gasteiger partial charge in [-0.25, -0.2) is 0 Å². The second kappa shape index (κ2) is 8.96. The van der Waals surface area contributed by atoms with Gasteiger partial charge in [-0.2, -0.15) is 0 Å². The van der Waals surface area contributed by atoms with E-state index in [9.17, 15) is 4.79 Å². The molecule has 0 radical (unpaired) electrons. The van der Waals surface area contributed by atoms with Gasteiger partial charge in [-0.15, -0.1) is 0 Å². The van der Waals surface area contributed by atoms with Gasteiger partial charge >= 0.3 is 0 Å². The van der Waals surface area contributed by atoms with Crippen LogP contribution in [0.25, 0.3) is 0 Å². The van der Waals surface area contributed by atoms with Gasteiger partial charge in [-0.3, -0.25) is 4.79 Å². The molecule has 0 heterocycles. The summed E-state index contributed by atoms with van der Waals surface area (Å²) in [6.45, 7) is 1.96. The van der Waals surface area contributed by atoms with Gasteiger partial charge in [-0.1, -0.05) is 60.7 Å². The Morgan fingerprint density at radius 2 is 1.41 bits per heavy atom. The molecule has 4 nitrogen and oxygen atoms in total. The lowest BCUT2D eigenvalue weighted by atomic mass is 10.1. The highest BCUT2D eigenvalue weighted by atomic mass is 32.1. The number of nitrogens with one attached hydrogen (secondary N) is 3. The van der Waals surface area contributed by atoms with Crippen LogP contribution in [-0.2, 0) is 0 Å². The normalized spacial score (nSPS) is 11.3. The summed E-state index contributed by atoms with van der Waals surface area (Å²) in [5, 5.41) is 9.69. The molecule has 0 bridgehead atoms. The van der Waals surface area contributed by atoms with E-state index >= 15 is 0 Å². The summed E-state index contributed by atoms with van der Waals surface area (Å²) in [4.78, 5) is 12.8. The second-order valence-electron chi connectivity index (χ2n) is 6.10. The fraction of sp³-hybridized carbons (Fsp3) is 0.0909. The van der Waals surface area contributed by atoms with Crippen LogP contribution in [0.4, 0.5) is 11.4 Å². The monoisotopic (exact) mass is 375 g/mol. The minimum Gasteiger partial charge on any atom is -0.345 e. The van der Waals surface area contributed by atoms with Crippen molar-refractivity contribution < 1.29 is 4.79 Å². The Kier molecular flexibility index (Phi) is 6.18. The number of anilines is 2. The maximum absolute atomic E-state index is 12.8. The molecule has 0 spiro atoms.